The molecule has 5 nitrogen and oxygen atoms in total. The van der Waals surface area contributed by atoms with Crippen LogP contribution in [0.4, 0.5) is 17.6 Å². The van der Waals surface area contributed by atoms with Gasteiger partial charge in [-0.25, -0.2) is 27.5 Å². The third-order valence-corrected chi connectivity index (χ3v) is 6.54. The van der Waals surface area contributed by atoms with Gasteiger partial charge >= 0.3 is 0 Å². The van der Waals surface area contributed by atoms with Crippen LogP contribution in [0.5, 0.6) is 0 Å². The zero-order valence-electron chi connectivity index (χ0n) is 17.5. The van der Waals surface area contributed by atoms with Crippen LogP contribution < -0.4 is 5.56 Å². The first kappa shape index (κ1) is 21.1. The fraction of sp³-hybridized carbons (Fsp3) is 0.435. The van der Waals surface area contributed by atoms with Crippen LogP contribution in [-0.2, 0) is 4.74 Å². The predicted octanol–water partition coefficient (Wildman–Crippen LogP) is 4.57. The molecule has 1 saturated heterocycles. The Hall–Kier alpha value is -2.81. The van der Waals surface area contributed by atoms with Crippen LogP contribution in [0.15, 0.2) is 29.2 Å². The smallest absolute Gasteiger partial charge is 0.261 e. The predicted molar refractivity (Wildman–Crippen MR) is 109 cm³/mol. The van der Waals surface area contributed by atoms with Crippen LogP contribution in [0.25, 0.3) is 16.9 Å². The van der Waals surface area contributed by atoms with E-state index in [0.717, 1.165) is 12.1 Å². The first-order chi connectivity index (χ1) is 15.2. The number of fused-ring (bicyclic) bond motifs is 1. The second kappa shape index (κ2) is 7.37. The van der Waals surface area contributed by atoms with Crippen molar-refractivity contribution in [3.8, 4) is 11.3 Å². The second-order valence-corrected chi connectivity index (χ2v) is 8.66. The molecule has 3 aromatic rings. The van der Waals surface area contributed by atoms with Crippen molar-refractivity contribution in [1.82, 2.24) is 14.4 Å². The summed E-state index contributed by atoms with van der Waals surface area (Å²) in [4.78, 5) is 22.1. The monoisotopic (exact) mass is 447 g/mol. The van der Waals surface area contributed by atoms with Gasteiger partial charge in [-0.15, -0.1) is 0 Å². The summed E-state index contributed by atoms with van der Waals surface area (Å²) in [5.41, 5.74) is 1.35. The first-order valence-corrected chi connectivity index (χ1v) is 10.5. The molecule has 5 rings (SSSR count). The van der Waals surface area contributed by atoms with Crippen molar-refractivity contribution in [1.29, 1.82) is 0 Å². The highest BCUT2D eigenvalue weighted by Crippen LogP contribution is 2.54. The Bertz CT molecular complexity index is 1290. The number of benzene rings is 1. The number of ether oxygens (including phenoxy) is 1. The summed E-state index contributed by atoms with van der Waals surface area (Å²) >= 11 is 0. The number of rotatable bonds is 3. The molecule has 2 aromatic heterocycles. The van der Waals surface area contributed by atoms with Crippen molar-refractivity contribution in [2.45, 2.75) is 51.1 Å². The molecular weight excluding hydrogens is 426 g/mol. The minimum Gasteiger partial charge on any atom is -0.378 e. The number of aryl methyl sites for hydroxylation is 1. The molecular formula is C23H21F4N3O2. The van der Waals surface area contributed by atoms with E-state index in [9.17, 15) is 22.4 Å². The van der Waals surface area contributed by atoms with Crippen molar-refractivity contribution in [3.63, 3.8) is 0 Å². The molecule has 0 radical (unpaired) electrons. The fourth-order valence-corrected chi connectivity index (χ4v) is 4.43. The standard InChI is InChI=1S/C23H21F4N3O2/c1-11-12(2)28-21-20(15-4-3-14(24)8-17(15)25)29-18(10-30(21)22(11)31)13-5-6-32-19(7-13)16-9-23(16,26)27/h3-4,8,10,13,16,19H,5-7,9H2,1-2H3/t13-,16?,19+/m0/s1. The Morgan fingerprint density at radius 3 is 2.62 bits per heavy atom. The molecule has 1 saturated carbocycles. The number of aromatic nitrogens is 3. The number of hydrogen-bond donors (Lipinski definition) is 0. The molecule has 1 aliphatic carbocycles. The van der Waals surface area contributed by atoms with Crippen LogP contribution in [-0.4, -0.2) is 33.0 Å². The van der Waals surface area contributed by atoms with E-state index in [1.165, 1.54) is 10.5 Å². The summed E-state index contributed by atoms with van der Waals surface area (Å²) in [7, 11) is 0. The van der Waals surface area contributed by atoms with Crippen molar-refractivity contribution in [3.05, 3.63) is 63.3 Å². The lowest BCUT2D eigenvalue weighted by Crippen LogP contribution is -2.29. The molecule has 168 valence electrons. The van der Waals surface area contributed by atoms with Gasteiger partial charge in [0.15, 0.2) is 5.65 Å². The van der Waals surface area contributed by atoms with Gasteiger partial charge in [-0.05, 0) is 38.8 Å². The van der Waals surface area contributed by atoms with Gasteiger partial charge in [0.05, 0.1) is 17.7 Å². The largest absolute Gasteiger partial charge is 0.378 e. The molecule has 3 heterocycles. The maximum atomic E-state index is 14.7. The minimum atomic E-state index is -2.71. The number of nitrogens with zero attached hydrogens (tertiary/aromatic N) is 3. The summed E-state index contributed by atoms with van der Waals surface area (Å²) in [5, 5.41) is 0. The Morgan fingerprint density at radius 2 is 1.94 bits per heavy atom. The van der Waals surface area contributed by atoms with Crippen molar-refractivity contribution in [2.24, 2.45) is 5.92 Å². The van der Waals surface area contributed by atoms with Gasteiger partial charge in [-0.2, -0.15) is 0 Å². The summed E-state index contributed by atoms with van der Waals surface area (Å²) < 4.78 is 62.3. The Kier molecular flexibility index (Phi) is 4.85. The third kappa shape index (κ3) is 3.48. The average molecular weight is 447 g/mol. The second-order valence-electron chi connectivity index (χ2n) is 8.66. The third-order valence-electron chi connectivity index (χ3n) is 6.54. The van der Waals surface area contributed by atoms with Gasteiger partial charge in [0.1, 0.15) is 17.3 Å². The lowest BCUT2D eigenvalue weighted by Gasteiger charge is -2.29. The van der Waals surface area contributed by atoms with Gasteiger partial charge in [0.2, 0.25) is 0 Å². The lowest BCUT2D eigenvalue weighted by molar-refractivity contribution is -0.0352. The molecule has 0 bridgehead atoms. The average Bonchev–Trinajstić information content (AvgIpc) is 3.40. The van der Waals surface area contributed by atoms with E-state index < -0.39 is 29.6 Å². The van der Waals surface area contributed by atoms with E-state index in [1.807, 2.05) is 0 Å². The van der Waals surface area contributed by atoms with E-state index in [-0.39, 0.29) is 34.8 Å². The molecule has 2 aliphatic rings. The van der Waals surface area contributed by atoms with Gasteiger partial charge in [-0.3, -0.25) is 9.20 Å². The Morgan fingerprint density at radius 1 is 1.19 bits per heavy atom. The van der Waals surface area contributed by atoms with Crippen LogP contribution in [0, 0.1) is 31.4 Å². The van der Waals surface area contributed by atoms with E-state index >= 15 is 0 Å². The molecule has 2 fully saturated rings. The molecule has 32 heavy (non-hydrogen) atoms. The molecule has 3 atom stereocenters. The zero-order chi connectivity index (χ0) is 22.8. The van der Waals surface area contributed by atoms with Crippen LogP contribution in [0.2, 0.25) is 0 Å². The van der Waals surface area contributed by atoms with E-state index in [0.29, 0.717) is 36.4 Å². The quantitative estimate of drug-likeness (QED) is 0.552. The lowest BCUT2D eigenvalue weighted by atomic mass is 9.90. The number of alkyl halides is 2. The van der Waals surface area contributed by atoms with Gasteiger partial charge < -0.3 is 4.74 Å². The fourth-order valence-electron chi connectivity index (χ4n) is 4.43. The van der Waals surface area contributed by atoms with Crippen LogP contribution >= 0.6 is 0 Å². The number of hydrogen-bond acceptors (Lipinski definition) is 4. The highest BCUT2D eigenvalue weighted by molar-refractivity contribution is 5.74. The topological polar surface area (TPSA) is 56.5 Å². The van der Waals surface area contributed by atoms with E-state index in [4.69, 9.17) is 4.74 Å². The van der Waals surface area contributed by atoms with Gasteiger partial charge in [-0.1, -0.05) is 0 Å². The highest BCUT2D eigenvalue weighted by Gasteiger charge is 2.61. The maximum Gasteiger partial charge on any atom is 0.261 e. The summed E-state index contributed by atoms with van der Waals surface area (Å²) in [6, 6.07) is 3.12. The molecule has 9 heteroatoms. The SMILES string of the molecule is Cc1nc2c(-c3ccc(F)cc3F)nc([C@H]3CCO[C@@H](C4CC4(F)F)C3)cn2c(=O)c1C. The molecule has 1 aliphatic heterocycles. The zero-order valence-corrected chi connectivity index (χ0v) is 17.5. The maximum absolute atomic E-state index is 14.7. The van der Waals surface area contributed by atoms with Crippen molar-refractivity contribution < 1.29 is 22.3 Å². The molecule has 0 amide bonds. The molecule has 0 N–H and O–H groups in total. The van der Waals surface area contributed by atoms with Crippen molar-refractivity contribution >= 4 is 5.65 Å². The van der Waals surface area contributed by atoms with Crippen LogP contribution in [0.1, 0.15) is 42.1 Å². The number of halogens is 4. The summed E-state index contributed by atoms with van der Waals surface area (Å²) in [6.07, 6.45) is 1.63. The van der Waals surface area contributed by atoms with E-state index in [2.05, 4.69) is 9.97 Å². The molecule has 1 unspecified atom stereocenters. The Balaban J connectivity index is 1.66. The minimum absolute atomic E-state index is 0.0123. The molecule has 0 spiro atoms. The Labute approximate surface area is 181 Å². The normalized spacial score (nSPS) is 24.6. The molecule has 1 aromatic carbocycles. The first-order valence-electron chi connectivity index (χ1n) is 10.5. The summed E-state index contributed by atoms with van der Waals surface area (Å²) in [5.74, 6) is -5.33. The highest BCUT2D eigenvalue weighted by atomic mass is 19.3. The van der Waals surface area contributed by atoms with Crippen LogP contribution in [0.3, 0.4) is 0 Å². The van der Waals surface area contributed by atoms with Crippen molar-refractivity contribution in [2.75, 3.05) is 6.61 Å². The van der Waals surface area contributed by atoms with Gasteiger partial charge in [0, 0.05) is 48.0 Å². The summed E-state index contributed by atoms with van der Waals surface area (Å²) in [6.45, 7) is 3.62. The van der Waals surface area contributed by atoms with E-state index in [1.54, 1.807) is 20.0 Å². The van der Waals surface area contributed by atoms with Gasteiger partial charge in [0.25, 0.3) is 11.5 Å².